The van der Waals surface area contributed by atoms with Gasteiger partial charge in [-0.05, 0) is 184 Å². The second-order valence-corrected chi connectivity index (χ2v) is 29.4. The first-order valence-corrected chi connectivity index (χ1v) is 36.3. The number of hydrogen-bond donors (Lipinski definition) is 0. The summed E-state index contributed by atoms with van der Waals surface area (Å²) in [5, 5.41) is 13.2. The Balaban J connectivity index is 0.758. The van der Waals surface area contributed by atoms with Crippen LogP contribution in [-0.2, 0) is 10.8 Å². The van der Waals surface area contributed by atoms with Crippen molar-refractivity contribution in [1.29, 1.82) is 5.26 Å². The Morgan fingerprint density at radius 2 is 0.733 bits per heavy atom. The fourth-order valence-electron chi connectivity index (χ4n) is 14.6. The molecule has 502 valence electrons. The minimum Gasteiger partial charge on any atom is -0.309 e. The third kappa shape index (κ3) is 13.2. The standard InChI is InChI=1S/C98H74N6S/c1-97(2,3)80-48-36-69(37-49-80)78-46-59-89-86(62-78)87-63-79(70-38-50-81(51-39-70)98(4,5)6)47-60-90(87)104(89)84-56-44-71(45-57-84)85-58-61-91(96-95(85)101-105-102-96)103(82-52-40-67(41-53-82)65-28-32-72(33-29-65)88(64-99)92(73-20-12-8-13-21-73)74-22-14-9-15-23-74)83-54-42-68(43-55-83)66-30-34-77(35-31-66)94(100-7)93(75-24-16-10-17-25-75)76-26-18-11-19-27-76/h8-63H,1-6H3. The van der Waals surface area contributed by atoms with Crippen molar-refractivity contribution >= 4 is 84.0 Å². The highest BCUT2D eigenvalue weighted by atomic mass is 32.1. The third-order valence-corrected chi connectivity index (χ3v) is 20.7. The number of rotatable bonds is 15. The highest BCUT2D eigenvalue weighted by Gasteiger charge is 2.24. The SMILES string of the molecule is [C-]#[N+]C(=C(c1ccccc1)c1ccccc1)c1ccc(-c2ccc(N(c3ccc(-c4ccc(C(C#N)=C(c5ccccc5)c5ccccc5)cc4)cc3)c3ccc(-c4ccc(-n5c6ccc(-c7ccc(C(C)(C)C)cc7)cc6c6cc(-c7ccc(C(C)(C)C)cc7)ccc65)cc4)c4nsnc34)cc2)cc1. The molecule has 0 radical (unpaired) electrons. The van der Waals surface area contributed by atoms with Gasteiger partial charge in [0.2, 0.25) is 5.70 Å². The molecule has 0 spiro atoms. The Labute approximate surface area is 618 Å². The topological polar surface area (TPSA) is 62.1 Å². The zero-order valence-electron chi connectivity index (χ0n) is 59.4. The average Bonchev–Trinajstić information content (AvgIpc) is 1.59. The predicted molar refractivity (Wildman–Crippen MR) is 441 cm³/mol. The van der Waals surface area contributed by atoms with Crippen LogP contribution in [0.15, 0.2) is 340 Å². The monoisotopic (exact) mass is 1370 g/mol. The molecule has 0 bridgehead atoms. The maximum atomic E-state index is 10.8. The third-order valence-electron chi connectivity index (χ3n) is 20.2. The van der Waals surface area contributed by atoms with E-state index in [0.717, 1.165) is 123 Å². The smallest absolute Gasteiger partial charge is 0.202 e. The van der Waals surface area contributed by atoms with Crippen LogP contribution < -0.4 is 4.90 Å². The number of nitrogens with zero attached hydrogens (tertiary/aromatic N) is 6. The van der Waals surface area contributed by atoms with Crippen LogP contribution in [0.4, 0.5) is 17.1 Å². The van der Waals surface area contributed by atoms with E-state index in [4.69, 9.17) is 15.3 Å². The lowest BCUT2D eigenvalue weighted by molar-refractivity contribution is 0.590. The van der Waals surface area contributed by atoms with Gasteiger partial charge in [0.1, 0.15) is 17.1 Å². The van der Waals surface area contributed by atoms with E-state index in [0.29, 0.717) is 11.3 Å². The molecule has 0 fully saturated rings. The van der Waals surface area contributed by atoms with E-state index < -0.39 is 0 Å². The van der Waals surface area contributed by atoms with Crippen molar-refractivity contribution in [3.05, 3.63) is 396 Å². The van der Waals surface area contributed by atoms with Crippen molar-refractivity contribution in [1.82, 2.24) is 13.3 Å². The molecule has 0 N–H and O–H groups in total. The van der Waals surface area contributed by atoms with Crippen LogP contribution in [0.5, 0.6) is 0 Å². The zero-order valence-corrected chi connectivity index (χ0v) is 60.2. The lowest BCUT2D eigenvalue weighted by Crippen LogP contribution is -2.10. The van der Waals surface area contributed by atoms with Gasteiger partial charge in [0.15, 0.2) is 0 Å². The van der Waals surface area contributed by atoms with Crippen molar-refractivity contribution in [2.75, 3.05) is 4.90 Å². The van der Waals surface area contributed by atoms with Gasteiger partial charge >= 0.3 is 0 Å². The van der Waals surface area contributed by atoms with Crippen LogP contribution in [0.2, 0.25) is 0 Å². The first-order chi connectivity index (χ1) is 51.2. The van der Waals surface area contributed by atoms with Crippen LogP contribution in [0.25, 0.3) is 121 Å². The number of benzene rings is 14. The van der Waals surface area contributed by atoms with Crippen LogP contribution in [0.1, 0.15) is 86.1 Å². The number of fused-ring (bicyclic) bond motifs is 4. The lowest BCUT2D eigenvalue weighted by Gasteiger charge is -2.26. The molecule has 0 atom stereocenters. The lowest BCUT2D eigenvalue weighted by atomic mass is 9.86. The molecule has 2 heterocycles. The molecule has 0 aliphatic heterocycles. The number of aromatic nitrogens is 3. The summed E-state index contributed by atoms with van der Waals surface area (Å²) >= 11 is 1.22. The normalized spacial score (nSPS) is 11.5. The second-order valence-electron chi connectivity index (χ2n) is 28.8. The molecule has 0 saturated carbocycles. The molecule has 0 aliphatic rings. The molecule has 2 aromatic heterocycles. The Kier molecular flexibility index (Phi) is 17.8. The highest BCUT2D eigenvalue weighted by molar-refractivity contribution is 7.00. The molecule has 14 aromatic carbocycles. The Morgan fingerprint density at radius 1 is 0.371 bits per heavy atom. The van der Waals surface area contributed by atoms with Gasteiger partial charge < -0.3 is 9.47 Å². The molecule has 0 aliphatic carbocycles. The molecule has 16 rings (SSSR count). The van der Waals surface area contributed by atoms with Gasteiger partial charge in [0.05, 0.1) is 40.6 Å². The first-order valence-electron chi connectivity index (χ1n) is 35.6. The Morgan fingerprint density at radius 3 is 1.14 bits per heavy atom. The van der Waals surface area contributed by atoms with E-state index in [-0.39, 0.29) is 10.8 Å². The number of hydrogen-bond acceptors (Lipinski definition) is 5. The predicted octanol–water partition coefficient (Wildman–Crippen LogP) is 26.5. The minimum atomic E-state index is 0.0603. The van der Waals surface area contributed by atoms with Gasteiger partial charge in [-0.2, -0.15) is 14.0 Å². The molecule has 0 amide bonds. The Hall–Kier alpha value is -13.0. The number of anilines is 3. The van der Waals surface area contributed by atoms with Crippen LogP contribution in [-0.4, -0.2) is 13.3 Å². The first kappa shape index (κ1) is 66.5. The van der Waals surface area contributed by atoms with E-state index in [1.165, 1.54) is 55.9 Å². The van der Waals surface area contributed by atoms with Crippen molar-refractivity contribution in [3.63, 3.8) is 0 Å². The van der Waals surface area contributed by atoms with E-state index in [1.807, 2.05) is 72.8 Å². The number of allylic oxidation sites excluding steroid dienone is 1. The van der Waals surface area contributed by atoms with Crippen molar-refractivity contribution in [2.24, 2.45) is 0 Å². The molecular weight excluding hydrogens is 1290 g/mol. The number of nitriles is 1. The summed E-state index contributed by atoms with van der Waals surface area (Å²) in [7, 11) is 0. The molecule has 0 unspecified atom stereocenters. The summed E-state index contributed by atoms with van der Waals surface area (Å²) in [4.78, 5) is 6.44. The average molecular weight is 1370 g/mol. The van der Waals surface area contributed by atoms with E-state index in [2.05, 4.69) is 329 Å². The fraction of sp³-hybridized carbons (Fsp3) is 0.0816. The Bertz CT molecular complexity index is 5610. The van der Waals surface area contributed by atoms with Gasteiger partial charge in [0.25, 0.3) is 0 Å². The maximum absolute atomic E-state index is 10.8. The molecule has 0 saturated heterocycles. The van der Waals surface area contributed by atoms with E-state index >= 15 is 0 Å². The molecule has 6 nitrogen and oxygen atoms in total. The molecule has 16 aromatic rings. The van der Waals surface area contributed by atoms with E-state index in [1.54, 1.807) is 0 Å². The summed E-state index contributed by atoms with van der Waals surface area (Å²) in [5.74, 6) is 0. The summed E-state index contributed by atoms with van der Waals surface area (Å²) in [6, 6.07) is 123. The van der Waals surface area contributed by atoms with Crippen molar-refractivity contribution in [2.45, 2.75) is 52.4 Å². The van der Waals surface area contributed by atoms with Crippen LogP contribution in [0.3, 0.4) is 0 Å². The summed E-state index contributed by atoms with van der Waals surface area (Å²) in [6.45, 7) is 22.1. The molecule has 7 heteroatoms. The molecule has 105 heavy (non-hydrogen) atoms. The largest absolute Gasteiger partial charge is 0.309 e. The summed E-state index contributed by atoms with van der Waals surface area (Å²) in [6.07, 6.45) is 0. The maximum Gasteiger partial charge on any atom is 0.202 e. The van der Waals surface area contributed by atoms with Gasteiger partial charge in [-0.3, -0.25) is 0 Å². The van der Waals surface area contributed by atoms with Gasteiger partial charge in [0, 0.05) is 39.0 Å². The summed E-state index contributed by atoms with van der Waals surface area (Å²) < 4.78 is 12.6. The highest BCUT2D eigenvalue weighted by Crippen LogP contribution is 2.45. The summed E-state index contributed by atoms with van der Waals surface area (Å²) in [5.41, 5.74) is 30.0. The quantitative estimate of drug-likeness (QED) is 0.0583. The second kappa shape index (κ2) is 28.1. The van der Waals surface area contributed by atoms with Crippen molar-refractivity contribution in [3.8, 4) is 67.4 Å². The van der Waals surface area contributed by atoms with Crippen LogP contribution >= 0.6 is 11.7 Å². The zero-order chi connectivity index (χ0) is 71.8. The molecular formula is C98H74N6S. The minimum absolute atomic E-state index is 0.0603. The van der Waals surface area contributed by atoms with Gasteiger partial charge in [-0.15, -0.1) is 0 Å². The van der Waals surface area contributed by atoms with Gasteiger partial charge in [-0.1, -0.05) is 308 Å². The fourth-order valence-corrected chi connectivity index (χ4v) is 15.1. The van der Waals surface area contributed by atoms with Crippen molar-refractivity contribution < 1.29 is 0 Å². The van der Waals surface area contributed by atoms with Crippen LogP contribution in [0, 0.1) is 17.9 Å². The van der Waals surface area contributed by atoms with E-state index in [9.17, 15) is 5.26 Å². The van der Waals surface area contributed by atoms with Gasteiger partial charge in [-0.25, -0.2) is 4.85 Å².